The fourth-order valence-corrected chi connectivity index (χ4v) is 3.12. The molecule has 0 bridgehead atoms. The Kier molecular flexibility index (Phi) is 3.69. The minimum atomic E-state index is -0.344. The van der Waals surface area contributed by atoms with Gasteiger partial charge in [-0.2, -0.15) is 0 Å². The summed E-state index contributed by atoms with van der Waals surface area (Å²) in [4.78, 5) is 30.5. The summed E-state index contributed by atoms with van der Waals surface area (Å²) in [7, 11) is 0. The van der Waals surface area contributed by atoms with Crippen molar-refractivity contribution in [3.05, 3.63) is 108 Å². The lowest BCUT2D eigenvalue weighted by Crippen LogP contribution is -2.28. The van der Waals surface area contributed by atoms with Gasteiger partial charge in [0.1, 0.15) is 5.36 Å². The lowest BCUT2D eigenvalue weighted by Gasteiger charge is -2.00. The van der Waals surface area contributed by atoms with Crippen molar-refractivity contribution in [3.8, 4) is 0 Å². The van der Waals surface area contributed by atoms with E-state index >= 15 is 0 Å². The van der Waals surface area contributed by atoms with Crippen LogP contribution in [0.1, 0.15) is 5.56 Å². The Hall–Kier alpha value is -3.60. The average molecular weight is 342 g/mol. The minimum absolute atomic E-state index is 0.0655. The maximum atomic E-state index is 13.1. The SMILES string of the molecule is Cc1ccc(N=c2ccc(=NO)c3c(=O)c4ccccc4c(=O)c2=3)cc1. The quantitative estimate of drug-likeness (QED) is 0.424. The molecular formula is C21H14N2O3. The molecule has 5 heteroatoms. The van der Waals surface area contributed by atoms with Gasteiger partial charge in [0.25, 0.3) is 0 Å². The summed E-state index contributed by atoms with van der Waals surface area (Å²) in [5.74, 6) is 0. The van der Waals surface area contributed by atoms with Gasteiger partial charge in [0.15, 0.2) is 10.9 Å². The van der Waals surface area contributed by atoms with Crippen LogP contribution in [-0.2, 0) is 0 Å². The predicted octanol–water partition coefficient (Wildman–Crippen LogP) is 1.99. The Morgan fingerprint density at radius 3 is 1.85 bits per heavy atom. The number of nitrogens with zero attached hydrogens (tertiary/aromatic N) is 2. The predicted molar refractivity (Wildman–Crippen MR) is 97.9 cm³/mol. The van der Waals surface area contributed by atoms with Crippen LogP contribution in [0.15, 0.2) is 80.4 Å². The molecule has 0 spiro atoms. The van der Waals surface area contributed by atoms with Gasteiger partial charge in [-0.25, -0.2) is 4.99 Å². The highest BCUT2D eigenvalue weighted by Gasteiger charge is 2.10. The summed E-state index contributed by atoms with van der Waals surface area (Å²) < 4.78 is 0. The molecule has 2 aliphatic carbocycles. The van der Waals surface area contributed by atoms with E-state index in [1.165, 1.54) is 6.07 Å². The molecule has 0 heterocycles. The number of rotatable bonds is 1. The van der Waals surface area contributed by atoms with E-state index in [0.717, 1.165) is 5.56 Å². The number of hydrogen-bond acceptors (Lipinski definition) is 5. The van der Waals surface area contributed by atoms with E-state index in [9.17, 15) is 14.8 Å². The number of aryl methyl sites for hydroxylation is 1. The summed E-state index contributed by atoms with van der Waals surface area (Å²) in [6.45, 7) is 1.97. The standard InChI is InChI=1S/C21H14N2O3/c1-12-6-8-13(9-7-12)22-16-10-11-17(23-26)19-18(16)20(24)14-4-2-3-5-15(14)21(19)25/h2-11,26H,1H3. The molecule has 0 fully saturated rings. The van der Waals surface area contributed by atoms with Gasteiger partial charge in [0.2, 0.25) is 0 Å². The largest absolute Gasteiger partial charge is 0.410 e. The van der Waals surface area contributed by atoms with Crippen LogP contribution < -0.4 is 21.6 Å². The van der Waals surface area contributed by atoms with Crippen LogP contribution in [0.4, 0.5) is 5.69 Å². The fraction of sp³-hybridized carbons (Fsp3) is 0.0476. The zero-order chi connectivity index (χ0) is 18.3. The molecule has 2 aromatic rings. The maximum Gasteiger partial charge on any atom is 0.196 e. The highest BCUT2D eigenvalue weighted by Crippen LogP contribution is 2.11. The van der Waals surface area contributed by atoms with Crippen LogP contribution in [-0.4, -0.2) is 5.21 Å². The van der Waals surface area contributed by atoms with E-state index in [-0.39, 0.29) is 26.7 Å². The monoisotopic (exact) mass is 342 g/mol. The summed E-state index contributed by atoms with van der Waals surface area (Å²) >= 11 is 0. The molecular weight excluding hydrogens is 328 g/mol. The van der Waals surface area contributed by atoms with Gasteiger partial charge in [0, 0.05) is 10.8 Å². The van der Waals surface area contributed by atoms with E-state index < -0.39 is 0 Å². The Morgan fingerprint density at radius 1 is 0.731 bits per heavy atom. The first-order valence-corrected chi connectivity index (χ1v) is 8.09. The molecule has 0 saturated heterocycles. The number of hydrogen-bond donors (Lipinski definition) is 1. The molecule has 0 atom stereocenters. The molecule has 0 saturated carbocycles. The van der Waals surface area contributed by atoms with Gasteiger partial charge in [0.05, 0.1) is 21.5 Å². The smallest absolute Gasteiger partial charge is 0.196 e. The highest BCUT2D eigenvalue weighted by molar-refractivity contribution is 5.82. The van der Waals surface area contributed by atoms with Gasteiger partial charge in [-0.1, -0.05) is 47.1 Å². The van der Waals surface area contributed by atoms with Crippen molar-refractivity contribution in [1.29, 1.82) is 0 Å². The molecule has 126 valence electrons. The first kappa shape index (κ1) is 15.9. The van der Waals surface area contributed by atoms with Crippen molar-refractivity contribution in [2.45, 2.75) is 6.92 Å². The van der Waals surface area contributed by atoms with Gasteiger partial charge >= 0.3 is 0 Å². The molecule has 1 N–H and O–H groups in total. The third-order valence-electron chi connectivity index (χ3n) is 4.42. The molecule has 0 radical (unpaired) electrons. The van der Waals surface area contributed by atoms with E-state index in [2.05, 4.69) is 10.1 Å². The lowest BCUT2D eigenvalue weighted by atomic mass is 10.0. The molecule has 26 heavy (non-hydrogen) atoms. The van der Waals surface area contributed by atoms with Crippen molar-refractivity contribution in [3.63, 3.8) is 0 Å². The van der Waals surface area contributed by atoms with E-state index in [0.29, 0.717) is 21.8 Å². The first-order chi connectivity index (χ1) is 12.6. The van der Waals surface area contributed by atoms with Crippen LogP contribution in [0.3, 0.4) is 0 Å². The number of benzene rings is 2. The molecule has 2 aliphatic rings. The van der Waals surface area contributed by atoms with Crippen molar-refractivity contribution in [1.82, 2.24) is 0 Å². The van der Waals surface area contributed by atoms with Crippen molar-refractivity contribution < 1.29 is 5.21 Å². The van der Waals surface area contributed by atoms with E-state index in [4.69, 9.17) is 0 Å². The molecule has 0 aromatic heterocycles. The van der Waals surface area contributed by atoms with Gasteiger partial charge < -0.3 is 5.21 Å². The summed E-state index contributed by atoms with van der Waals surface area (Å²) in [5, 5.41) is 13.8. The first-order valence-electron chi connectivity index (χ1n) is 8.09. The second-order valence-electron chi connectivity index (χ2n) is 6.10. The topological polar surface area (TPSA) is 79.1 Å². The van der Waals surface area contributed by atoms with E-state index in [1.54, 1.807) is 30.3 Å². The molecule has 5 nitrogen and oxygen atoms in total. The lowest BCUT2D eigenvalue weighted by molar-refractivity contribution is 0.301. The second kappa shape index (κ2) is 6.04. The molecule has 0 aliphatic heterocycles. The molecule has 0 amide bonds. The normalized spacial score (nSPS) is 13.0. The molecule has 4 rings (SSSR count). The fourth-order valence-electron chi connectivity index (χ4n) is 3.12. The van der Waals surface area contributed by atoms with Crippen molar-refractivity contribution in [2.24, 2.45) is 10.1 Å². The Labute approximate surface area is 147 Å². The van der Waals surface area contributed by atoms with Crippen LogP contribution in [0, 0.1) is 17.4 Å². The summed E-state index contributed by atoms with van der Waals surface area (Å²) in [5.41, 5.74) is 1.13. The third kappa shape index (κ3) is 2.41. The second-order valence-corrected chi connectivity index (χ2v) is 6.10. The Bertz CT molecular complexity index is 1430. The van der Waals surface area contributed by atoms with Crippen LogP contribution in [0.25, 0.3) is 10.8 Å². The van der Waals surface area contributed by atoms with Crippen molar-refractivity contribution in [2.75, 3.05) is 0 Å². The zero-order valence-electron chi connectivity index (χ0n) is 13.9. The van der Waals surface area contributed by atoms with Crippen LogP contribution in [0.2, 0.25) is 0 Å². The maximum absolute atomic E-state index is 13.1. The van der Waals surface area contributed by atoms with Crippen LogP contribution in [0.5, 0.6) is 0 Å². The third-order valence-corrected chi connectivity index (χ3v) is 4.42. The van der Waals surface area contributed by atoms with Gasteiger partial charge in [-0.05, 0) is 31.2 Å². The Balaban J connectivity index is 2.31. The number of fused-ring (bicyclic) bond motifs is 1. The Morgan fingerprint density at radius 2 is 1.27 bits per heavy atom. The van der Waals surface area contributed by atoms with E-state index in [1.807, 2.05) is 31.2 Å². The minimum Gasteiger partial charge on any atom is -0.410 e. The van der Waals surface area contributed by atoms with Crippen LogP contribution >= 0.6 is 0 Å². The summed E-state index contributed by atoms with van der Waals surface area (Å²) in [6.07, 6.45) is 0. The van der Waals surface area contributed by atoms with Crippen molar-refractivity contribution >= 4 is 16.5 Å². The molecule has 2 aromatic carbocycles. The zero-order valence-corrected chi connectivity index (χ0v) is 13.9. The summed E-state index contributed by atoms with van der Waals surface area (Å²) in [6, 6.07) is 17.2. The average Bonchev–Trinajstić information content (AvgIpc) is 2.67. The molecule has 0 unspecified atom stereocenters. The highest BCUT2D eigenvalue weighted by atomic mass is 16.4. The van der Waals surface area contributed by atoms with Gasteiger partial charge in [-0.15, -0.1) is 0 Å². The van der Waals surface area contributed by atoms with Gasteiger partial charge in [-0.3, -0.25) is 9.59 Å².